The number of rotatable bonds is 4. The number of aliphatic hydroxyl groups excluding tert-OH is 1. The van der Waals surface area contributed by atoms with Crippen molar-refractivity contribution in [3.8, 4) is 0 Å². The fourth-order valence-electron chi connectivity index (χ4n) is 2.25. The van der Waals surface area contributed by atoms with E-state index in [0.717, 1.165) is 24.9 Å². The number of benzene rings is 1. The number of fused-ring (bicyclic) bond motifs is 1. The Bertz CT molecular complexity index is 403. The molecule has 94 valence electrons. The molecule has 1 aromatic rings. The van der Waals surface area contributed by atoms with Gasteiger partial charge >= 0.3 is 0 Å². The van der Waals surface area contributed by atoms with Crippen LogP contribution in [0, 0.1) is 11.2 Å². The van der Waals surface area contributed by atoms with Crippen molar-refractivity contribution < 1.29 is 9.50 Å². The molecule has 17 heavy (non-hydrogen) atoms. The Kier molecular flexibility index (Phi) is 3.50. The lowest BCUT2D eigenvalue weighted by atomic mass is 9.94. The number of hydrogen-bond acceptors (Lipinski definition) is 2. The summed E-state index contributed by atoms with van der Waals surface area (Å²) >= 11 is 0. The highest BCUT2D eigenvalue weighted by atomic mass is 19.1. The van der Waals surface area contributed by atoms with E-state index >= 15 is 0 Å². The van der Waals surface area contributed by atoms with Crippen molar-refractivity contribution in [3.05, 3.63) is 35.1 Å². The minimum atomic E-state index is -0.153. The van der Waals surface area contributed by atoms with Crippen LogP contribution in [0.1, 0.15) is 37.4 Å². The molecule has 1 unspecified atom stereocenters. The molecule has 0 saturated heterocycles. The van der Waals surface area contributed by atoms with Gasteiger partial charge in [-0.25, -0.2) is 4.39 Å². The maximum absolute atomic E-state index is 13.1. The third-order valence-electron chi connectivity index (χ3n) is 3.44. The van der Waals surface area contributed by atoms with Gasteiger partial charge in [0.1, 0.15) is 5.82 Å². The standard InChI is InChI=1S/C14H20FNO/c1-14(2,9-17)8-16-13-6-3-10-7-11(15)4-5-12(10)13/h4-5,7,13,16-17H,3,6,8-9H2,1-2H3. The molecule has 0 bridgehead atoms. The van der Waals surface area contributed by atoms with Crippen LogP contribution in [-0.2, 0) is 6.42 Å². The van der Waals surface area contributed by atoms with E-state index in [1.807, 2.05) is 19.9 Å². The normalized spacial score (nSPS) is 19.4. The number of hydrogen-bond donors (Lipinski definition) is 2. The van der Waals surface area contributed by atoms with Crippen molar-refractivity contribution in [2.45, 2.75) is 32.7 Å². The zero-order valence-corrected chi connectivity index (χ0v) is 10.5. The van der Waals surface area contributed by atoms with Gasteiger partial charge < -0.3 is 10.4 Å². The number of aliphatic hydroxyl groups is 1. The third-order valence-corrected chi connectivity index (χ3v) is 3.44. The van der Waals surface area contributed by atoms with Gasteiger partial charge in [-0.3, -0.25) is 0 Å². The molecule has 0 saturated carbocycles. The van der Waals surface area contributed by atoms with Gasteiger partial charge in [-0.05, 0) is 36.1 Å². The zero-order valence-electron chi connectivity index (χ0n) is 10.5. The molecule has 0 aliphatic heterocycles. The molecular weight excluding hydrogens is 217 g/mol. The van der Waals surface area contributed by atoms with Crippen LogP contribution >= 0.6 is 0 Å². The van der Waals surface area contributed by atoms with Crippen LogP contribution in [0.4, 0.5) is 4.39 Å². The van der Waals surface area contributed by atoms with Crippen LogP contribution in [0.3, 0.4) is 0 Å². The lowest BCUT2D eigenvalue weighted by Crippen LogP contribution is -2.34. The Morgan fingerprint density at radius 3 is 2.94 bits per heavy atom. The highest BCUT2D eigenvalue weighted by Crippen LogP contribution is 2.32. The first kappa shape index (κ1) is 12.5. The summed E-state index contributed by atoms with van der Waals surface area (Å²) in [6.07, 6.45) is 1.95. The van der Waals surface area contributed by atoms with Crippen molar-refractivity contribution in [2.24, 2.45) is 5.41 Å². The van der Waals surface area contributed by atoms with Crippen molar-refractivity contribution in [2.75, 3.05) is 13.2 Å². The Labute approximate surface area is 102 Å². The summed E-state index contributed by atoms with van der Waals surface area (Å²) in [6, 6.07) is 5.34. The van der Waals surface area contributed by atoms with Crippen molar-refractivity contribution in [1.82, 2.24) is 5.32 Å². The van der Waals surface area contributed by atoms with E-state index < -0.39 is 0 Å². The SMILES string of the molecule is CC(C)(CO)CNC1CCc2cc(F)ccc21. The summed E-state index contributed by atoms with van der Waals surface area (Å²) in [5, 5.41) is 12.7. The molecule has 0 amide bonds. The van der Waals surface area contributed by atoms with Crippen LogP contribution in [0.5, 0.6) is 0 Å². The van der Waals surface area contributed by atoms with E-state index in [2.05, 4.69) is 5.32 Å². The Balaban J connectivity index is 2.03. The highest BCUT2D eigenvalue weighted by Gasteiger charge is 2.25. The molecule has 0 fully saturated rings. The minimum absolute atomic E-state index is 0.108. The summed E-state index contributed by atoms with van der Waals surface area (Å²) in [5.41, 5.74) is 2.22. The number of aryl methyl sites for hydroxylation is 1. The molecule has 3 heteroatoms. The van der Waals surface area contributed by atoms with E-state index in [-0.39, 0.29) is 17.8 Å². The van der Waals surface area contributed by atoms with Gasteiger partial charge in [-0.1, -0.05) is 19.9 Å². The van der Waals surface area contributed by atoms with Crippen LogP contribution < -0.4 is 5.32 Å². The van der Waals surface area contributed by atoms with Crippen LogP contribution in [0.2, 0.25) is 0 Å². The second-order valence-electron chi connectivity index (χ2n) is 5.64. The first-order valence-corrected chi connectivity index (χ1v) is 6.14. The molecule has 1 aliphatic carbocycles. The summed E-state index contributed by atoms with van der Waals surface area (Å²) < 4.78 is 13.1. The van der Waals surface area contributed by atoms with Crippen LogP contribution in [-0.4, -0.2) is 18.3 Å². The third kappa shape index (κ3) is 2.85. The average Bonchev–Trinajstić information content (AvgIpc) is 2.69. The minimum Gasteiger partial charge on any atom is -0.396 e. The number of halogens is 1. The second kappa shape index (κ2) is 4.75. The zero-order chi connectivity index (χ0) is 12.5. The van der Waals surface area contributed by atoms with Crippen molar-refractivity contribution >= 4 is 0 Å². The van der Waals surface area contributed by atoms with E-state index in [9.17, 15) is 9.50 Å². The van der Waals surface area contributed by atoms with E-state index in [1.165, 1.54) is 11.6 Å². The smallest absolute Gasteiger partial charge is 0.123 e. The van der Waals surface area contributed by atoms with Crippen molar-refractivity contribution in [1.29, 1.82) is 0 Å². The van der Waals surface area contributed by atoms with Crippen LogP contribution in [0.15, 0.2) is 18.2 Å². The van der Waals surface area contributed by atoms with Gasteiger partial charge in [-0.15, -0.1) is 0 Å². The fraction of sp³-hybridized carbons (Fsp3) is 0.571. The predicted octanol–water partition coefficient (Wildman–Crippen LogP) is 2.42. The van der Waals surface area contributed by atoms with E-state index in [0.29, 0.717) is 6.04 Å². The monoisotopic (exact) mass is 237 g/mol. The van der Waals surface area contributed by atoms with Gasteiger partial charge in [0.25, 0.3) is 0 Å². The molecule has 1 atom stereocenters. The van der Waals surface area contributed by atoms with Gasteiger partial charge in [0, 0.05) is 24.6 Å². The first-order chi connectivity index (χ1) is 8.02. The Hall–Kier alpha value is -0.930. The molecule has 0 spiro atoms. The summed E-state index contributed by atoms with van der Waals surface area (Å²) in [4.78, 5) is 0. The second-order valence-corrected chi connectivity index (χ2v) is 5.64. The van der Waals surface area contributed by atoms with Gasteiger partial charge in [-0.2, -0.15) is 0 Å². The molecule has 2 rings (SSSR count). The largest absolute Gasteiger partial charge is 0.396 e. The first-order valence-electron chi connectivity index (χ1n) is 6.14. The lowest BCUT2D eigenvalue weighted by Gasteiger charge is -2.25. The average molecular weight is 237 g/mol. The topological polar surface area (TPSA) is 32.3 Å². The van der Waals surface area contributed by atoms with Crippen LogP contribution in [0.25, 0.3) is 0 Å². The molecule has 1 aromatic carbocycles. The molecule has 2 nitrogen and oxygen atoms in total. The summed E-state index contributed by atoms with van der Waals surface area (Å²) in [7, 11) is 0. The molecule has 0 aromatic heterocycles. The quantitative estimate of drug-likeness (QED) is 0.843. The Morgan fingerprint density at radius 1 is 1.47 bits per heavy atom. The molecule has 1 aliphatic rings. The fourth-order valence-corrected chi connectivity index (χ4v) is 2.25. The maximum Gasteiger partial charge on any atom is 0.123 e. The van der Waals surface area contributed by atoms with Crippen molar-refractivity contribution in [3.63, 3.8) is 0 Å². The molecule has 0 heterocycles. The maximum atomic E-state index is 13.1. The summed E-state index contributed by atoms with van der Waals surface area (Å²) in [6.45, 7) is 5.00. The van der Waals surface area contributed by atoms with Gasteiger partial charge in [0.15, 0.2) is 0 Å². The summed E-state index contributed by atoms with van der Waals surface area (Å²) in [5.74, 6) is -0.153. The molecular formula is C14H20FNO. The number of nitrogens with one attached hydrogen (secondary N) is 1. The molecule has 0 radical (unpaired) electrons. The Morgan fingerprint density at radius 2 is 2.24 bits per heavy atom. The molecule has 2 N–H and O–H groups in total. The van der Waals surface area contributed by atoms with E-state index in [4.69, 9.17) is 0 Å². The lowest BCUT2D eigenvalue weighted by molar-refractivity contribution is 0.153. The predicted molar refractivity (Wildman–Crippen MR) is 66.3 cm³/mol. The highest BCUT2D eigenvalue weighted by molar-refractivity contribution is 5.34. The van der Waals surface area contributed by atoms with E-state index in [1.54, 1.807) is 6.07 Å². The van der Waals surface area contributed by atoms with Gasteiger partial charge in [0.2, 0.25) is 0 Å². The van der Waals surface area contributed by atoms with Gasteiger partial charge in [0.05, 0.1) is 0 Å².